The third kappa shape index (κ3) is 5.35. The number of alkyl halides is 3. The second-order valence-corrected chi connectivity index (χ2v) is 6.40. The van der Waals surface area contributed by atoms with Gasteiger partial charge in [0.25, 0.3) is 0 Å². The smallest absolute Gasteiger partial charge is 0.434 e. The Kier molecular flexibility index (Phi) is 6.84. The minimum absolute atomic E-state index is 0.0827. The number of guanidine groups is 1. The topological polar surface area (TPSA) is 49.8 Å². The monoisotopic (exact) mass is 386 g/mol. The number of methoxy groups -OCH3 is 1. The summed E-state index contributed by atoms with van der Waals surface area (Å²) in [5, 5.41) is 4.47. The predicted molar refractivity (Wildman–Crippen MR) is 96.4 cm³/mol. The molecule has 5 nitrogen and oxygen atoms in total. The van der Waals surface area contributed by atoms with Crippen molar-refractivity contribution in [3.05, 3.63) is 45.9 Å². The highest BCUT2D eigenvalue weighted by Gasteiger charge is 2.33. The van der Waals surface area contributed by atoms with Crippen LogP contribution in [-0.2, 0) is 19.3 Å². The molecule has 0 bridgehead atoms. The molecule has 2 rings (SSSR count). The molecule has 0 radical (unpaired) electrons. The van der Waals surface area contributed by atoms with Crippen molar-refractivity contribution in [3.63, 3.8) is 0 Å². The van der Waals surface area contributed by atoms with Crippen molar-refractivity contribution < 1.29 is 17.9 Å². The number of hydrogen-bond acceptors (Lipinski definition) is 4. The van der Waals surface area contributed by atoms with E-state index in [1.54, 1.807) is 7.11 Å². The number of aromatic nitrogens is 1. The summed E-state index contributed by atoms with van der Waals surface area (Å²) in [6.07, 6.45) is -4.43. The van der Waals surface area contributed by atoms with Crippen LogP contribution >= 0.6 is 11.3 Å². The highest BCUT2D eigenvalue weighted by Crippen LogP contribution is 2.30. The van der Waals surface area contributed by atoms with E-state index in [9.17, 15) is 13.2 Å². The number of halogens is 3. The molecule has 0 unspecified atom stereocenters. The van der Waals surface area contributed by atoms with Gasteiger partial charge >= 0.3 is 6.18 Å². The van der Waals surface area contributed by atoms with E-state index in [2.05, 4.69) is 15.3 Å². The zero-order chi connectivity index (χ0) is 19.2. The van der Waals surface area contributed by atoms with Gasteiger partial charge in [-0.25, -0.2) is 9.98 Å². The molecule has 0 fully saturated rings. The number of thiazole rings is 1. The van der Waals surface area contributed by atoms with Gasteiger partial charge < -0.3 is 15.0 Å². The Bertz CT molecular complexity index is 746. The van der Waals surface area contributed by atoms with Gasteiger partial charge in [-0.3, -0.25) is 0 Å². The van der Waals surface area contributed by atoms with E-state index in [1.165, 1.54) is 0 Å². The van der Waals surface area contributed by atoms with Gasteiger partial charge in [0.05, 0.1) is 13.7 Å². The molecular weight excluding hydrogens is 365 g/mol. The summed E-state index contributed by atoms with van der Waals surface area (Å²) in [6, 6.07) is 7.64. The van der Waals surface area contributed by atoms with Crippen molar-refractivity contribution >= 4 is 17.3 Å². The van der Waals surface area contributed by atoms with E-state index >= 15 is 0 Å². The van der Waals surface area contributed by atoms with E-state index in [-0.39, 0.29) is 6.54 Å². The molecule has 0 saturated heterocycles. The van der Waals surface area contributed by atoms with Crippen molar-refractivity contribution in [1.29, 1.82) is 0 Å². The van der Waals surface area contributed by atoms with Crippen LogP contribution in [0.15, 0.2) is 34.6 Å². The lowest BCUT2D eigenvalue weighted by Crippen LogP contribution is -2.38. The van der Waals surface area contributed by atoms with Gasteiger partial charge in [0.15, 0.2) is 11.7 Å². The van der Waals surface area contributed by atoms with Crippen LogP contribution in [0.25, 0.3) is 0 Å². The van der Waals surface area contributed by atoms with E-state index in [4.69, 9.17) is 4.74 Å². The van der Waals surface area contributed by atoms with Crippen LogP contribution in [0.5, 0.6) is 5.75 Å². The summed E-state index contributed by atoms with van der Waals surface area (Å²) in [5.41, 5.74) is 0.108. The SMILES string of the molecule is CCNC(=NCc1nc(C(F)(F)F)cs1)N(C)Cc1ccccc1OC. The largest absolute Gasteiger partial charge is 0.496 e. The summed E-state index contributed by atoms with van der Waals surface area (Å²) in [4.78, 5) is 9.89. The first-order chi connectivity index (χ1) is 12.3. The van der Waals surface area contributed by atoms with Crippen LogP contribution in [0.3, 0.4) is 0 Å². The lowest BCUT2D eigenvalue weighted by molar-refractivity contribution is -0.140. The highest BCUT2D eigenvalue weighted by molar-refractivity contribution is 7.09. The van der Waals surface area contributed by atoms with E-state index < -0.39 is 11.9 Å². The van der Waals surface area contributed by atoms with Crippen LogP contribution in [0, 0.1) is 0 Å². The Morgan fingerprint density at radius 3 is 2.69 bits per heavy atom. The van der Waals surface area contributed by atoms with Crippen molar-refractivity contribution in [1.82, 2.24) is 15.2 Å². The van der Waals surface area contributed by atoms with Gasteiger partial charge in [0, 0.05) is 31.1 Å². The first-order valence-corrected chi connectivity index (χ1v) is 8.86. The molecular formula is C17H21F3N4OS. The molecule has 0 aliphatic rings. The van der Waals surface area contributed by atoms with E-state index in [1.807, 2.05) is 43.1 Å². The number of para-hydroxylation sites is 1. The number of benzene rings is 1. The van der Waals surface area contributed by atoms with Crippen molar-refractivity contribution in [2.45, 2.75) is 26.2 Å². The number of nitrogens with zero attached hydrogens (tertiary/aromatic N) is 3. The average molecular weight is 386 g/mol. The fraction of sp³-hybridized carbons (Fsp3) is 0.412. The Morgan fingerprint density at radius 2 is 2.08 bits per heavy atom. The summed E-state index contributed by atoms with van der Waals surface area (Å²) < 4.78 is 43.3. The van der Waals surface area contributed by atoms with Crippen LogP contribution in [-0.4, -0.2) is 36.5 Å². The maximum Gasteiger partial charge on any atom is 0.434 e. The second kappa shape index (κ2) is 8.88. The molecule has 0 aliphatic heterocycles. The summed E-state index contributed by atoms with van der Waals surface area (Å²) in [7, 11) is 3.47. The van der Waals surface area contributed by atoms with Gasteiger partial charge in [-0.15, -0.1) is 11.3 Å². The van der Waals surface area contributed by atoms with Gasteiger partial charge in [0.1, 0.15) is 10.8 Å². The highest BCUT2D eigenvalue weighted by atomic mass is 32.1. The summed E-state index contributed by atoms with van der Waals surface area (Å²) >= 11 is 0.954. The number of hydrogen-bond donors (Lipinski definition) is 1. The molecule has 1 aromatic carbocycles. The standard InChI is InChI=1S/C17H21F3N4OS/c1-4-21-16(22-9-15-23-14(11-26-15)17(18,19)20)24(2)10-12-7-5-6-8-13(12)25-3/h5-8,11H,4,9-10H2,1-3H3,(H,21,22). The Morgan fingerprint density at radius 1 is 1.35 bits per heavy atom. The fourth-order valence-electron chi connectivity index (χ4n) is 2.29. The molecule has 0 amide bonds. The first-order valence-electron chi connectivity index (χ1n) is 7.98. The molecule has 0 atom stereocenters. The molecule has 2 aromatic rings. The number of aliphatic imine (C=N–C) groups is 1. The molecule has 142 valence electrons. The molecule has 9 heteroatoms. The van der Waals surface area contributed by atoms with Crippen molar-refractivity contribution in [2.24, 2.45) is 4.99 Å². The van der Waals surface area contributed by atoms with Crippen LogP contribution in [0.4, 0.5) is 13.2 Å². The third-order valence-electron chi connectivity index (χ3n) is 3.50. The van der Waals surface area contributed by atoms with Gasteiger partial charge in [-0.1, -0.05) is 18.2 Å². The summed E-state index contributed by atoms with van der Waals surface area (Å²) in [5.74, 6) is 1.35. The minimum Gasteiger partial charge on any atom is -0.496 e. The van der Waals surface area contributed by atoms with Crippen LogP contribution < -0.4 is 10.1 Å². The first kappa shape index (κ1) is 20.0. The molecule has 1 heterocycles. The van der Waals surface area contributed by atoms with Gasteiger partial charge in [-0.05, 0) is 13.0 Å². The van der Waals surface area contributed by atoms with Crippen LogP contribution in [0.2, 0.25) is 0 Å². The predicted octanol–water partition coefficient (Wildman–Crippen LogP) is 3.77. The molecule has 0 spiro atoms. The Labute approximate surface area is 154 Å². The lowest BCUT2D eigenvalue weighted by Gasteiger charge is -2.23. The molecule has 26 heavy (non-hydrogen) atoms. The van der Waals surface area contributed by atoms with Gasteiger partial charge in [-0.2, -0.15) is 13.2 Å². The van der Waals surface area contributed by atoms with E-state index in [0.29, 0.717) is 24.1 Å². The third-order valence-corrected chi connectivity index (χ3v) is 4.34. The minimum atomic E-state index is -4.43. The molecule has 1 N–H and O–H groups in total. The van der Waals surface area contributed by atoms with Crippen molar-refractivity contribution in [3.8, 4) is 5.75 Å². The quantitative estimate of drug-likeness (QED) is 0.607. The Balaban J connectivity index is 2.11. The summed E-state index contributed by atoms with van der Waals surface area (Å²) in [6.45, 7) is 3.19. The number of rotatable bonds is 6. The van der Waals surface area contributed by atoms with Crippen LogP contribution in [0.1, 0.15) is 23.2 Å². The molecule has 0 aliphatic carbocycles. The zero-order valence-electron chi connectivity index (χ0n) is 14.8. The van der Waals surface area contributed by atoms with E-state index in [0.717, 1.165) is 28.0 Å². The maximum atomic E-state index is 12.6. The van der Waals surface area contributed by atoms with Gasteiger partial charge in [0.2, 0.25) is 0 Å². The average Bonchev–Trinajstić information content (AvgIpc) is 3.08. The number of ether oxygens (including phenoxy) is 1. The molecule has 0 saturated carbocycles. The molecule has 1 aromatic heterocycles. The maximum absolute atomic E-state index is 12.6. The number of nitrogens with one attached hydrogen (secondary N) is 1. The zero-order valence-corrected chi connectivity index (χ0v) is 15.6. The second-order valence-electron chi connectivity index (χ2n) is 5.46. The van der Waals surface area contributed by atoms with Crippen molar-refractivity contribution in [2.75, 3.05) is 20.7 Å². The normalized spacial score (nSPS) is 12.2. The Hall–Kier alpha value is -2.29. The lowest BCUT2D eigenvalue weighted by atomic mass is 10.2. The fourth-order valence-corrected chi connectivity index (χ4v) is 3.01.